The van der Waals surface area contributed by atoms with Gasteiger partial charge in [-0.3, -0.25) is 4.79 Å². The topological polar surface area (TPSA) is 49.3 Å². The van der Waals surface area contributed by atoms with Gasteiger partial charge >= 0.3 is 0 Å². The molecule has 2 atom stereocenters. The summed E-state index contributed by atoms with van der Waals surface area (Å²) in [5.74, 6) is 7.79. The van der Waals surface area contributed by atoms with Crippen LogP contribution >= 0.6 is 0 Å². The van der Waals surface area contributed by atoms with Gasteiger partial charge in [-0.15, -0.1) is 0 Å². The number of aliphatic hydroxyl groups is 1. The zero-order valence-electron chi connectivity index (χ0n) is 12.1. The van der Waals surface area contributed by atoms with Gasteiger partial charge in [0.15, 0.2) is 0 Å². The summed E-state index contributed by atoms with van der Waals surface area (Å²) < 4.78 is 0. The van der Waals surface area contributed by atoms with Crippen LogP contribution in [0.25, 0.3) is 0 Å². The van der Waals surface area contributed by atoms with Gasteiger partial charge in [-0.2, -0.15) is 0 Å². The standard InChI is InChI=1S/C18H21NO2/c20-11-4-3-7-13-6-1-2-8-14(13)12-19-18(21)17-15-9-5-10-16(15)17/h1-2,6,8,15-17,20H,4-5,9-12H2,(H,19,21). The van der Waals surface area contributed by atoms with Crippen LogP contribution in [0, 0.1) is 29.6 Å². The van der Waals surface area contributed by atoms with Crippen molar-refractivity contribution in [3.8, 4) is 11.8 Å². The molecular weight excluding hydrogens is 262 g/mol. The van der Waals surface area contributed by atoms with Crippen molar-refractivity contribution in [1.82, 2.24) is 5.32 Å². The van der Waals surface area contributed by atoms with Crippen molar-refractivity contribution in [2.45, 2.75) is 32.2 Å². The fraction of sp³-hybridized carbons (Fsp3) is 0.500. The van der Waals surface area contributed by atoms with Crippen LogP contribution in [0.3, 0.4) is 0 Å². The molecule has 2 aliphatic rings. The van der Waals surface area contributed by atoms with Crippen LogP contribution in [0.15, 0.2) is 24.3 Å². The fourth-order valence-electron chi connectivity index (χ4n) is 3.52. The Morgan fingerprint density at radius 1 is 1.29 bits per heavy atom. The Labute approximate surface area is 125 Å². The summed E-state index contributed by atoms with van der Waals surface area (Å²) >= 11 is 0. The van der Waals surface area contributed by atoms with Crippen molar-refractivity contribution in [1.29, 1.82) is 0 Å². The molecule has 21 heavy (non-hydrogen) atoms. The van der Waals surface area contributed by atoms with Crippen LogP contribution < -0.4 is 5.32 Å². The molecule has 2 N–H and O–H groups in total. The zero-order valence-corrected chi connectivity index (χ0v) is 12.1. The molecule has 0 radical (unpaired) electrons. The van der Waals surface area contributed by atoms with Crippen LogP contribution in [0.1, 0.15) is 36.8 Å². The van der Waals surface area contributed by atoms with Crippen molar-refractivity contribution < 1.29 is 9.90 Å². The monoisotopic (exact) mass is 283 g/mol. The first kappa shape index (κ1) is 14.2. The first-order chi connectivity index (χ1) is 10.3. The van der Waals surface area contributed by atoms with Gasteiger partial charge in [0.25, 0.3) is 0 Å². The van der Waals surface area contributed by atoms with Crippen LogP contribution in [0.4, 0.5) is 0 Å². The zero-order chi connectivity index (χ0) is 14.7. The van der Waals surface area contributed by atoms with Crippen LogP contribution in [-0.2, 0) is 11.3 Å². The Balaban J connectivity index is 1.58. The molecule has 0 aliphatic heterocycles. The van der Waals surface area contributed by atoms with E-state index in [0.717, 1.165) is 11.1 Å². The Hall–Kier alpha value is -1.79. The van der Waals surface area contributed by atoms with Gasteiger partial charge in [0.1, 0.15) is 0 Å². The summed E-state index contributed by atoms with van der Waals surface area (Å²) in [5, 5.41) is 11.8. The van der Waals surface area contributed by atoms with Crippen LogP contribution in [-0.4, -0.2) is 17.6 Å². The summed E-state index contributed by atoms with van der Waals surface area (Å²) in [6.07, 6.45) is 4.23. The summed E-state index contributed by atoms with van der Waals surface area (Å²) in [6, 6.07) is 7.86. The normalized spacial score (nSPS) is 25.7. The number of fused-ring (bicyclic) bond motifs is 1. The number of aliphatic hydroxyl groups excluding tert-OH is 1. The SMILES string of the molecule is O=C(NCc1ccccc1C#CCCO)C1C2CCCC21. The molecule has 110 valence electrons. The molecule has 2 fully saturated rings. The molecular formula is C18H21NO2. The highest BCUT2D eigenvalue weighted by molar-refractivity contribution is 5.82. The van der Waals surface area contributed by atoms with Crippen molar-refractivity contribution in [3.63, 3.8) is 0 Å². The molecule has 0 saturated heterocycles. The van der Waals surface area contributed by atoms with E-state index in [1.165, 1.54) is 19.3 Å². The summed E-state index contributed by atoms with van der Waals surface area (Å²) in [5.41, 5.74) is 1.98. The molecule has 0 aromatic heterocycles. The molecule has 0 bridgehead atoms. The Morgan fingerprint density at radius 3 is 2.81 bits per heavy atom. The van der Waals surface area contributed by atoms with Crippen LogP contribution in [0.2, 0.25) is 0 Å². The van der Waals surface area contributed by atoms with E-state index < -0.39 is 0 Å². The summed E-state index contributed by atoms with van der Waals surface area (Å²) in [4.78, 5) is 12.2. The number of rotatable bonds is 4. The second kappa shape index (κ2) is 6.32. The number of nitrogens with one attached hydrogen (secondary N) is 1. The second-order valence-electron chi connectivity index (χ2n) is 5.93. The number of hydrogen-bond donors (Lipinski definition) is 2. The Kier molecular flexibility index (Phi) is 4.26. The largest absolute Gasteiger partial charge is 0.395 e. The predicted molar refractivity (Wildman–Crippen MR) is 81.2 cm³/mol. The number of benzene rings is 1. The molecule has 2 unspecified atom stereocenters. The van der Waals surface area contributed by atoms with Gasteiger partial charge in [-0.25, -0.2) is 0 Å². The first-order valence-corrected chi connectivity index (χ1v) is 7.76. The van der Waals surface area contributed by atoms with E-state index in [4.69, 9.17) is 5.11 Å². The van der Waals surface area contributed by atoms with E-state index in [1.807, 2.05) is 24.3 Å². The minimum absolute atomic E-state index is 0.0797. The van der Waals surface area contributed by atoms with E-state index in [-0.39, 0.29) is 18.4 Å². The predicted octanol–water partition coefficient (Wildman–Crippen LogP) is 2.08. The molecule has 1 amide bonds. The number of carbonyl (C=O) groups is 1. The lowest BCUT2D eigenvalue weighted by Gasteiger charge is -2.08. The third kappa shape index (κ3) is 3.11. The number of carbonyl (C=O) groups excluding carboxylic acids is 1. The van der Waals surface area contributed by atoms with Gasteiger partial charge in [0.2, 0.25) is 5.91 Å². The maximum Gasteiger partial charge on any atom is 0.223 e. The van der Waals surface area contributed by atoms with Crippen LogP contribution in [0.5, 0.6) is 0 Å². The fourth-order valence-corrected chi connectivity index (χ4v) is 3.52. The second-order valence-corrected chi connectivity index (χ2v) is 5.93. The van der Waals surface area contributed by atoms with Crippen molar-refractivity contribution in [2.75, 3.05) is 6.61 Å². The minimum atomic E-state index is 0.0797. The highest BCUT2D eigenvalue weighted by atomic mass is 16.2. The highest BCUT2D eigenvalue weighted by Crippen LogP contribution is 2.57. The minimum Gasteiger partial charge on any atom is -0.395 e. The maximum absolute atomic E-state index is 12.2. The lowest BCUT2D eigenvalue weighted by molar-refractivity contribution is -0.123. The van der Waals surface area contributed by atoms with Gasteiger partial charge in [0.05, 0.1) is 6.61 Å². The van der Waals surface area contributed by atoms with Crippen molar-refractivity contribution in [3.05, 3.63) is 35.4 Å². The molecule has 3 rings (SSSR count). The van der Waals surface area contributed by atoms with E-state index in [1.54, 1.807) is 0 Å². The summed E-state index contributed by atoms with van der Waals surface area (Å²) in [6.45, 7) is 0.620. The lowest BCUT2D eigenvalue weighted by atomic mass is 10.1. The average molecular weight is 283 g/mol. The van der Waals surface area contributed by atoms with E-state index >= 15 is 0 Å². The van der Waals surface area contributed by atoms with Crippen molar-refractivity contribution in [2.24, 2.45) is 17.8 Å². The van der Waals surface area contributed by atoms with Gasteiger partial charge in [-0.05, 0) is 36.3 Å². The Bertz CT molecular complexity index is 574. The third-order valence-corrected chi connectivity index (χ3v) is 4.64. The van der Waals surface area contributed by atoms with Gasteiger partial charge in [-0.1, -0.05) is 36.5 Å². The molecule has 2 aliphatic carbocycles. The summed E-state index contributed by atoms with van der Waals surface area (Å²) in [7, 11) is 0. The lowest BCUT2D eigenvalue weighted by Crippen LogP contribution is -2.26. The maximum atomic E-state index is 12.2. The van der Waals surface area contributed by atoms with E-state index in [0.29, 0.717) is 24.8 Å². The molecule has 0 heterocycles. The third-order valence-electron chi connectivity index (χ3n) is 4.64. The van der Waals surface area contributed by atoms with Crippen molar-refractivity contribution >= 4 is 5.91 Å². The van der Waals surface area contributed by atoms with Gasteiger partial charge in [0, 0.05) is 24.4 Å². The molecule has 2 saturated carbocycles. The van der Waals surface area contributed by atoms with Gasteiger partial charge < -0.3 is 10.4 Å². The quantitative estimate of drug-likeness (QED) is 0.831. The molecule has 1 aromatic carbocycles. The average Bonchev–Trinajstić information content (AvgIpc) is 2.99. The molecule has 0 spiro atoms. The highest BCUT2D eigenvalue weighted by Gasteiger charge is 2.56. The molecule has 3 heteroatoms. The van der Waals surface area contributed by atoms with E-state index in [9.17, 15) is 4.79 Å². The first-order valence-electron chi connectivity index (χ1n) is 7.76. The van der Waals surface area contributed by atoms with E-state index in [2.05, 4.69) is 17.2 Å². The molecule has 3 nitrogen and oxygen atoms in total. The number of hydrogen-bond acceptors (Lipinski definition) is 2. The Morgan fingerprint density at radius 2 is 2.05 bits per heavy atom. The smallest absolute Gasteiger partial charge is 0.223 e. The molecule has 1 aromatic rings. The number of amides is 1.